The third kappa shape index (κ3) is 6.28. The number of amides is 1. The smallest absolute Gasteiger partial charge is 0.348 e. The summed E-state index contributed by atoms with van der Waals surface area (Å²) < 4.78 is 55.4. The number of aromatic nitrogens is 2. The van der Waals surface area contributed by atoms with Gasteiger partial charge in [-0.3, -0.25) is 4.79 Å². The molecule has 1 aromatic heterocycles. The first-order chi connectivity index (χ1) is 21.2. The summed E-state index contributed by atoms with van der Waals surface area (Å²) in [7, 11) is 0. The highest BCUT2D eigenvalue weighted by atomic mass is 19.2. The number of rotatable bonds is 11. The number of carbonyl (C=O) groups is 2. The second-order valence-corrected chi connectivity index (χ2v) is 11.5. The highest BCUT2D eigenvalue weighted by Gasteiger charge is 2.53. The molecule has 1 atom stereocenters. The number of ether oxygens (including phenoxy) is 2. The van der Waals surface area contributed by atoms with Crippen molar-refractivity contribution in [3.05, 3.63) is 89.5 Å². The summed E-state index contributed by atoms with van der Waals surface area (Å²) in [5, 5.41) is 12.4. The fraction of sp³-hybridized carbons (Fsp3) is 0.364. The Bertz CT molecular complexity index is 1660. The molecule has 6 rings (SSSR count). The number of hydrogen-bond acceptors (Lipinski definition) is 5. The van der Waals surface area contributed by atoms with Crippen molar-refractivity contribution in [1.82, 2.24) is 9.55 Å². The van der Waals surface area contributed by atoms with Crippen LogP contribution in [0.4, 0.5) is 18.9 Å². The van der Waals surface area contributed by atoms with E-state index in [4.69, 9.17) is 9.47 Å². The molecule has 8 nitrogen and oxygen atoms in total. The van der Waals surface area contributed by atoms with Crippen LogP contribution in [-0.4, -0.2) is 32.1 Å². The molecular weight excluding hydrogens is 575 g/mol. The van der Waals surface area contributed by atoms with E-state index >= 15 is 0 Å². The van der Waals surface area contributed by atoms with Crippen molar-refractivity contribution in [2.24, 2.45) is 5.92 Å². The standard InChI is InChI=1S/C33H32F3N3O5/c34-22-8-6-20(7-9-22)18-43-19-29-38-27-16-25(35)26(36)17-28(27)39(29)30(21-4-2-1-3-5-21)31(40)37-23-10-12-24(13-11-23)44-33(14-15-33)32(41)42/h6-13,16-17,21,30H,1-5,14-15,18-19H2,(H,37,40)(H,41,42). The lowest BCUT2D eigenvalue weighted by atomic mass is 9.83. The van der Waals surface area contributed by atoms with Gasteiger partial charge in [-0.25, -0.2) is 22.9 Å². The van der Waals surface area contributed by atoms with Gasteiger partial charge in [0.15, 0.2) is 11.6 Å². The highest BCUT2D eigenvalue weighted by molar-refractivity contribution is 5.95. The number of fused-ring (bicyclic) bond motifs is 1. The number of carboxylic acid groups (broad SMARTS) is 1. The van der Waals surface area contributed by atoms with Gasteiger partial charge in [-0.2, -0.15) is 0 Å². The van der Waals surface area contributed by atoms with E-state index in [1.54, 1.807) is 41.0 Å². The maximum atomic E-state index is 14.6. The topological polar surface area (TPSA) is 103 Å². The van der Waals surface area contributed by atoms with Crippen LogP contribution in [-0.2, 0) is 27.5 Å². The molecule has 0 spiro atoms. The van der Waals surface area contributed by atoms with Crippen LogP contribution in [0.2, 0.25) is 0 Å². The van der Waals surface area contributed by atoms with Gasteiger partial charge in [-0.1, -0.05) is 31.4 Å². The van der Waals surface area contributed by atoms with Crippen molar-refractivity contribution in [3.8, 4) is 5.75 Å². The molecule has 44 heavy (non-hydrogen) atoms. The number of halogens is 3. The van der Waals surface area contributed by atoms with Gasteiger partial charge in [-0.05, 0) is 60.7 Å². The minimum Gasteiger partial charge on any atom is -0.478 e. The van der Waals surface area contributed by atoms with E-state index in [1.165, 1.54) is 12.1 Å². The Morgan fingerprint density at radius 2 is 1.64 bits per heavy atom. The van der Waals surface area contributed by atoms with Gasteiger partial charge >= 0.3 is 5.97 Å². The summed E-state index contributed by atoms with van der Waals surface area (Å²) in [4.78, 5) is 30.1. The predicted octanol–water partition coefficient (Wildman–Crippen LogP) is 6.93. The largest absolute Gasteiger partial charge is 0.478 e. The Hall–Kier alpha value is -4.38. The first-order valence-electron chi connectivity index (χ1n) is 14.7. The molecule has 1 unspecified atom stereocenters. The van der Waals surface area contributed by atoms with Gasteiger partial charge < -0.3 is 24.5 Å². The number of anilines is 1. The number of carbonyl (C=O) groups excluding carboxylic acids is 1. The van der Waals surface area contributed by atoms with E-state index < -0.39 is 29.2 Å². The summed E-state index contributed by atoms with van der Waals surface area (Å²) in [6.45, 7) is 0.0905. The molecule has 4 aromatic rings. The van der Waals surface area contributed by atoms with Crippen LogP contribution in [0.3, 0.4) is 0 Å². The molecule has 1 heterocycles. The monoisotopic (exact) mass is 607 g/mol. The van der Waals surface area contributed by atoms with Crippen LogP contribution in [0, 0.1) is 23.4 Å². The van der Waals surface area contributed by atoms with Crippen LogP contribution < -0.4 is 10.1 Å². The minimum absolute atomic E-state index is 0.0524. The van der Waals surface area contributed by atoms with E-state index in [0.29, 0.717) is 30.1 Å². The molecule has 2 aliphatic rings. The molecule has 2 saturated carbocycles. The number of nitrogens with zero attached hydrogens (tertiary/aromatic N) is 2. The number of aliphatic carboxylic acids is 1. The van der Waals surface area contributed by atoms with Gasteiger partial charge in [0.25, 0.3) is 0 Å². The highest BCUT2D eigenvalue weighted by Crippen LogP contribution is 2.41. The fourth-order valence-electron chi connectivity index (χ4n) is 5.91. The van der Waals surface area contributed by atoms with Crippen molar-refractivity contribution in [2.45, 2.75) is 69.8 Å². The fourth-order valence-corrected chi connectivity index (χ4v) is 5.91. The Kier molecular flexibility index (Phi) is 8.31. The third-order valence-electron chi connectivity index (χ3n) is 8.39. The third-order valence-corrected chi connectivity index (χ3v) is 8.39. The zero-order valence-electron chi connectivity index (χ0n) is 23.9. The summed E-state index contributed by atoms with van der Waals surface area (Å²) >= 11 is 0. The second kappa shape index (κ2) is 12.3. The molecule has 2 fully saturated rings. The maximum Gasteiger partial charge on any atom is 0.348 e. The van der Waals surface area contributed by atoms with Gasteiger partial charge in [0.05, 0.1) is 17.6 Å². The first kappa shape index (κ1) is 29.7. The molecule has 1 amide bonds. The molecule has 11 heteroatoms. The molecule has 3 aromatic carbocycles. The maximum absolute atomic E-state index is 14.6. The van der Waals surface area contributed by atoms with Gasteiger partial charge in [0, 0.05) is 30.7 Å². The molecule has 0 radical (unpaired) electrons. The van der Waals surface area contributed by atoms with Crippen molar-refractivity contribution < 1.29 is 37.3 Å². The number of carboxylic acids is 1. The molecule has 2 aliphatic carbocycles. The summed E-state index contributed by atoms with van der Waals surface area (Å²) in [5.74, 6) is -3.20. The number of benzene rings is 3. The summed E-state index contributed by atoms with van der Waals surface area (Å²) in [6, 6.07) is 13.6. The lowest BCUT2D eigenvalue weighted by Crippen LogP contribution is -2.34. The number of hydrogen-bond donors (Lipinski definition) is 2. The Morgan fingerprint density at radius 3 is 2.30 bits per heavy atom. The number of nitrogens with one attached hydrogen (secondary N) is 1. The molecule has 0 bridgehead atoms. The van der Waals surface area contributed by atoms with Crippen LogP contribution in [0.15, 0.2) is 60.7 Å². The van der Waals surface area contributed by atoms with Crippen molar-refractivity contribution in [2.75, 3.05) is 5.32 Å². The Labute approximate surface area is 251 Å². The van der Waals surface area contributed by atoms with E-state index in [1.807, 2.05) is 0 Å². The second-order valence-electron chi connectivity index (χ2n) is 11.5. The van der Waals surface area contributed by atoms with Crippen molar-refractivity contribution in [1.29, 1.82) is 0 Å². The molecule has 0 saturated heterocycles. The van der Waals surface area contributed by atoms with E-state index in [-0.39, 0.29) is 41.9 Å². The van der Waals surface area contributed by atoms with Crippen LogP contribution >= 0.6 is 0 Å². The Balaban J connectivity index is 1.30. The van der Waals surface area contributed by atoms with E-state index in [0.717, 1.165) is 49.8 Å². The van der Waals surface area contributed by atoms with Gasteiger partial charge in [-0.15, -0.1) is 0 Å². The molecule has 2 N–H and O–H groups in total. The summed E-state index contributed by atoms with van der Waals surface area (Å²) in [6.07, 6.45) is 5.30. The lowest BCUT2D eigenvalue weighted by Gasteiger charge is -2.32. The van der Waals surface area contributed by atoms with Gasteiger partial charge in [0.2, 0.25) is 11.5 Å². The first-order valence-corrected chi connectivity index (χ1v) is 14.7. The minimum atomic E-state index is -1.19. The average molecular weight is 608 g/mol. The van der Waals surface area contributed by atoms with E-state index in [2.05, 4.69) is 10.3 Å². The molecule has 0 aliphatic heterocycles. The average Bonchev–Trinajstić information content (AvgIpc) is 3.73. The SMILES string of the molecule is O=C(Nc1ccc(OC2(C(=O)O)CC2)cc1)C(C1CCCCC1)n1c(COCc2ccc(F)cc2)nc2cc(F)c(F)cc21. The quantitative estimate of drug-likeness (QED) is 0.192. The van der Waals surface area contributed by atoms with Crippen molar-refractivity contribution >= 4 is 28.6 Å². The normalized spacial score (nSPS) is 16.9. The van der Waals surface area contributed by atoms with Crippen molar-refractivity contribution in [3.63, 3.8) is 0 Å². The Morgan fingerprint density at radius 1 is 0.955 bits per heavy atom. The molecule has 230 valence electrons. The zero-order chi connectivity index (χ0) is 30.8. The van der Waals surface area contributed by atoms with Crippen LogP contribution in [0.25, 0.3) is 11.0 Å². The zero-order valence-corrected chi connectivity index (χ0v) is 23.9. The van der Waals surface area contributed by atoms with Crippen LogP contribution in [0.1, 0.15) is 62.4 Å². The number of imidazole rings is 1. The lowest BCUT2D eigenvalue weighted by molar-refractivity contribution is -0.147. The van der Waals surface area contributed by atoms with Crippen LogP contribution in [0.5, 0.6) is 5.75 Å². The predicted molar refractivity (Wildman–Crippen MR) is 155 cm³/mol. The van der Waals surface area contributed by atoms with E-state index in [9.17, 15) is 27.9 Å². The summed E-state index contributed by atoms with van der Waals surface area (Å²) in [5.41, 5.74) is 0.493. The molecular formula is C33H32F3N3O5. The van der Waals surface area contributed by atoms with Gasteiger partial charge in [0.1, 0.15) is 30.0 Å².